The zero-order chi connectivity index (χ0) is 17.0. The summed E-state index contributed by atoms with van der Waals surface area (Å²) in [4.78, 5) is 0. The van der Waals surface area contributed by atoms with Gasteiger partial charge in [-0.15, -0.1) is 0 Å². The molecule has 1 aliphatic rings. The molecule has 0 amide bonds. The first kappa shape index (κ1) is 17.0. The smallest absolute Gasteiger partial charge is 0.119 e. The minimum atomic E-state index is -0.576. The van der Waals surface area contributed by atoms with Crippen molar-refractivity contribution in [3.05, 3.63) is 65.7 Å². The highest BCUT2D eigenvalue weighted by molar-refractivity contribution is 5.36. The number of nitrogens with one attached hydrogen (secondary N) is 1. The van der Waals surface area contributed by atoms with Crippen LogP contribution in [0.1, 0.15) is 24.0 Å². The van der Waals surface area contributed by atoms with Gasteiger partial charge in [0.25, 0.3) is 0 Å². The molecule has 2 aromatic carbocycles. The number of nitrogens with two attached hydrogens (primary N) is 1. The van der Waals surface area contributed by atoms with Crippen molar-refractivity contribution in [3.8, 4) is 5.75 Å². The van der Waals surface area contributed by atoms with Gasteiger partial charge in [0, 0.05) is 18.1 Å². The van der Waals surface area contributed by atoms with E-state index in [1.165, 1.54) is 5.56 Å². The number of aliphatic hydroxyl groups is 1. The fourth-order valence-electron chi connectivity index (χ4n) is 3.09. The lowest BCUT2D eigenvalue weighted by atomic mass is 10.0. The lowest BCUT2D eigenvalue weighted by molar-refractivity contribution is 0.136. The summed E-state index contributed by atoms with van der Waals surface area (Å²) in [6, 6.07) is 17.9. The van der Waals surface area contributed by atoms with E-state index >= 15 is 0 Å². The lowest BCUT2D eigenvalue weighted by Gasteiger charge is -2.24. The van der Waals surface area contributed by atoms with Gasteiger partial charge in [-0.05, 0) is 42.5 Å². The quantitative estimate of drug-likeness (QED) is 0.696. The zero-order valence-electron chi connectivity index (χ0n) is 14.1. The Labute approximate surface area is 143 Å². The normalized spacial score (nSPS) is 18.0. The van der Waals surface area contributed by atoms with E-state index < -0.39 is 6.10 Å². The Hall–Kier alpha value is -1.88. The summed E-state index contributed by atoms with van der Waals surface area (Å²) in [5.41, 5.74) is 8.50. The number of benzene rings is 2. The van der Waals surface area contributed by atoms with Crippen LogP contribution in [0, 0.1) is 0 Å². The molecular formula is C20H26N2O2. The topological polar surface area (TPSA) is 67.5 Å². The SMILES string of the molecule is COc1cccc(C2(NC[C@@H](O)[C@@H](N)Cc3ccccc3)CC2)c1. The number of aliphatic hydroxyl groups excluding tert-OH is 1. The molecule has 0 aromatic heterocycles. The van der Waals surface area contributed by atoms with Crippen LogP contribution < -0.4 is 15.8 Å². The van der Waals surface area contributed by atoms with E-state index in [9.17, 15) is 5.11 Å². The standard InChI is InChI=1S/C20H26N2O2/c1-24-17-9-5-8-16(13-17)20(10-11-20)22-14-19(23)18(21)12-15-6-3-2-4-7-15/h2-9,13,18-19,22-23H,10-12,14,21H2,1H3/t18-,19+/m0/s1. The summed E-state index contributed by atoms with van der Waals surface area (Å²) >= 11 is 0. The third kappa shape index (κ3) is 3.96. The molecular weight excluding hydrogens is 300 g/mol. The molecule has 0 aliphatic heterocycles. The van der Waals surface area contributed by atoms with Gasteiger partial charge in [0.1, 0.15) is 5.75 Å². The van der Waals surface area contributed by atoms with Gasteiger partial charge < -0.3 is 20.9 Å². The van der Waals surface area contributed by atoms with Crippen LogP contribution in [0.3, 0.4) is 0 Å². The van der Waals surface area contributed by atoms with Crippen molar-refractivity contribution < 1.29 is 9.84 Å². The van der Waals surface area contributed by atoms with Crippen molar-refractivity contribution >= 4 is 0 Å². The third-order valence-electron chi connectivity index (χ3n) is 4.83. The number of rotatable bonds is 8. The summed E-state index contributed by atoms with van der Waals surface area (Å²) < 4.78 is 5.31. The largest absolute Gasteiger partial charge is 0.497 e. The highest BCUT2D eigenvalue weighted by atomic mass is 16.5. The molecule has 4 nitrogen and oxygen atoms in total. The van der Waals surface area contributed by atoms with E-state index in [0.717, 1.165) is 24.2 Å². The number of methoxy groups -OCH3 is 1. The van der Waals surface area contributed by atoms with Gasteiger partial charge in [-0.3, -0.25) is 0 Å². The third-order valence-corrected chi connectivity index (χ3v) is 4.83. The van der Waals surface area contributed by atoms with Gasteiger partial charge in [0.05, 0.1) is 13.2 Å². The van der Waals surface area contributed by atoms with Crippen molar-refractivity contribution in [1.82, 2.24) is 5.32 Å². The summed E-state index contributed by atoms with van der Waals surface area (Å²) in [6.07, 6.45) is 2.24. The molecule has 4 heteroatoms. The number of hydrogen-bond donors (Lipinski definition) is 3. The Morgan fingerprint density at radius 2 is 1.92 bits per heavy atom. The van der Waals surface area contributed by atoms with E-state index in [4.69, 9.17) is 10.5 Å². The van der Waals surface area contributed by atoms with Crippen LogP contribution in [0.4, 0.5) is 0 Å². The predicted molar refractivity (Wildman–Crippen MR) is 96.0 cm³/mol. The minimum absolute atomic E-state index is 0.0397. The van der Waals surface area contributed by atoms with Gasteiger partial charge in [-0.1, -0.05) is 42.5 Å². The zero-order valence-corrected chi connectivity index (χ0v) is 14.1. The van der Waals surface area contributed by atoms with Crippen molar-refractivity contribution in [2.75, 3.05) is 13.7 Å². The minimum Gasteiger partial charge on any atom is -0.497 e. The van der Waals surface area contributed by atoms with Crippen LogP contribution in [0.25, 0.3) is 0 Å². The summed E-state index contributed by atoms with van der Waals surface area (Å²) in [5, 5.41) is 13.9. The van der Waals surface area contributed by atoms with E-state index in [1.807, 2.05) is 42.5 Å². The van der Waals surface area contributed by atoms with Gasteiger partial charge >= 0.3 is 0 Å². The molecule has 1 aliphatic carbocycles. The second-order valence-corrected chi connectivity index (χ2v) is 6.62. The highest BCUT2D eigenvalue weighted by Crippen LogP contribution is 2.46. The summed E-state index contributed by atoms with van der Waals surface area (Å²) in [5.74, 6) is 0.863. The van der Waals surface area contributed by atoms with Crippen molar-refractivity contribution in [3.63, 3.8) is 0 Å². The van der Waals surface area contributed by atoms with E-state index in [2.05, 4.69) is 17.4 Å². The van der Waals surface area contributed by atoms with Gasteiger partial charge in [0.2, 0.25) is 0 Å². The molecule has 0 heterocycles. The van der Waals surface area contributed by atoms with E-state index in [0.29, 0.717) is 13.0 Å². The summed E-state index contributed by atoms with van der Waals surface area (Å²) in [7, 11) is 1.68. The Kier molecular flexibility index (Phi) is 5.19. The van der Waals surface area contributed by atoms with Crippen LogP contribution in [-0.2, 0) is 12.0 Å². The molecule has 0 bridgehead atoms. The maximum absolute atomic E-state index is 10.4. The second-order valence-electron chi connectivity index (χ2n) is 6.62. The Balaban J connectivity index is 1.56. The molecule has 24 heavy (non-hydrogen) atoms. The molecule has 1 saturated carbocycles. The van der Waals surface area contributed by atoms with E-state index in [-0.39, 0.29) is 11.6 Å². The molecule has 2 aromatic rings. The molecule has 0 unspecified atom stereocenters. The van der Waals surface area contributed by atoms with Crippen molar-refractivity contribution in [2.45, 2.75) is 36.9 Å². The Morgan fingerprint density at radius 3 is 2.58 bits per heavy atom. The molecule has 0 saturated heterocycles. The first-order valence-corrected chi connectivity index (χ1v) is 8.50. The number of ether oxygens (including phenoxy) is 1. The molecule has 128 valence electrons. The molecule has 2 atom stereocenters. The first-order valence-electron chi connectivity index (χ1n) is 8.50. The second kappa shape index (κ2) is 7.34. The van der Waals surface area contributed by atoms with E-state index in [1.54, 1.807) is 7.11 Å². The molecule has 1 fully saturated rings. The highest BCUT2D eigenvalue weighted by Gasteiger charge is 2.44. The number of hydrogen-bond acceptors (Lipinski definition) is 4. The Bertz CT molecular complexity index is 656. The maximum Gasteiger partial charge on any atom is 0.119 e. The summed E-state index contributed by atoms with van der Waals surface area (Å²) in [6.45, 7) is 0.491. The monoisotopic (exact) mass is 326 g/mol. The molecule has 3 rings (SSSR count). The first-order chi connectivity index (χ1) is 11.6. The predicted octanol–water partition coefficient (Wildman–Crippen LogP) is 2.20. The van der Waals surface area contributed by atoms with Crippen LogP contribution in [0.5, 0.6) is 5.75 Å². The maximum atomic E-state index is 10.4. The fourth-order valence-corrected chi connectivity index (χ4v) is 3.09. The fraction of sp³-hybridized carbons (Fsp3) is 0.400. The lowest BCUT2D eigenvalue weighted by Crippen LogP contribution is -2.45. The van der Waals surface area contributed by atoms with Crippen molar-refractivity contribution in [2.24, 2.45) is 5.73 Å². The van der Waals surface area contributed by atoms with Gasteiger partial charge in [-0.25, -0.2) is 0 Å². The van der Waals surface area contributed by atoms with Crippen molar-refractivity contribution in [1.29, 1.82) is 0 Å². The molecule has 0 radical (unpaired) electrons. The van der Waals surface area contributed by atoms with Crippen LogP contribution >= 0.6 is 0 Å². The average molecular weight is 326 g/mol. The van der Waals surface area contributed by atoms with Crippen LogP contribution in [-0.4, -0.2) is 30.9 Å². The van der Waals surface area contributed by atoms with Gasteiger partial charge in [-0.2, -0.15) is 0 Å². The Morgan fingerprint density at radius 1 is 1.17 bits per heavy atom. The molecule has 0 spiro atoms. The van der Waals surface area contributed by atoms with Gasteiger partial charge in [0.15, 0.2) is 0 Å². The van der Waals surface area contributed by atoms with Crippen LogP contribution in [0.15, 0.2) is 54.6 Å². The average Bonchev–Trinajstić information content (AvgIpc) is 3.42. The van der Waals surface area contributed by atoms with Crippen LogP contribution in [0.2, 0.25) is 0 Å². The molecule has 4 N–H and O–H groups in total.